The van der Waals surface area contributed by atoms with E-state index in [-0.39, 0.29) is 17.6 Å². The number of aromatic nitrogens is 2. The molecule has 29 heavy (non-hydrogen) atoms. The van der Waals surface area contributed by atoms with Gasteiger partial charge >= 0.3 is 0 Å². The maximum atomic E-state index is 12.6. The van der Waals surface area contributed by atoms with Crippen molar-refractivity contribution >= 4 is 51.8 Å². The smallest absolute Gasteiger partial charge is 0.250 e. The number of benzene rings is 2. The minimum atomic E-state index is -0.272. The number of nitrogens with one attached hydrogen (secondary N) is 1. The highest BCUT2D eigenvalue weighted by atomic mass is 32.2. The molecule has 0 spiro atoms. The van der Waals surface area contributed by atoms with E-state index < -0.39 is 0 Å². The van der Waals surface area contributed by atoms with Crippen molar-refractivity contribution in [1.82, 2.24) is 10.2 Å². The maximum Gasteiger partial charge on any atom is 0.250 e. The van der Waals surface area contributed by atoms with Gasteiger partial charge in [-0.05, 0) is 29.7 Å². The molecule has 6 nitrogen and oxygen atoms in total. The van der Waals surface area contributed by atoms with Crippen molar-refractivity contribution in [2.45, 2.75) is 10.8 Å². The minimum absolute atomic E-state index is 0.0477. The lowest BCUT2D eigenvalue weighted by Crippen LogP contribution is -2.30. The monoisotopic (exact) mass is 422 g/mol. The first-order valence-electron chi connectivity index (χ1n) is 9.08. The van der Waals surface area contributed by atoms with E-state index in [4.69, 9.17) is 0 Å². The number of para-hydroxylation sites is 1. The number of anilines is 2. The Morgan fingerprint density at radius 2 is 1.90 bits per heavy atom. The van der Waals surface area contributed by atoms with Crippen molar-refractivity contribution in [3.63, 3.8) is 0 Å². The summed E-state index contributed by atoms with van der Waals surface area (Å²) in [6.45, 7) is 0.712. The molecule has 0 unspecified atom stereocenters. The largest absolute Gasteiger partial charge is 0.311 e. The second-order valence-corrected chi connectivity index (χ2v) is 8.52. The Labute approximate surface area is 176 Å². The number of thioether (sulfide) groups is 1. The lowest BCUT2D eigenvalue weighted by molar-refractivity contribution is -0.116. The van der Waals surface area contributed by atoms with E-state index in [0.717, 1.165) is 17.7 Å². The van der Waals surface area contributed by atoms with Crippen LogP contribution in [0.3, 0.4) is 0 Å². The molecule has 1 aliphatic rings. The molecule has 2 heterocycles. The van der Waals surface area contributed by atoms with Crippen LogP contribution >= 0.6 is 23.1 Å². The van der Waals surface area contributed by atoms with E-state index in [0.29, 0.717) is 16.0 Å². The summed E-state index contributed by atoms with van der Waals surface area (Å²) in [6, 6.07) is 17.6. The summed E-state index contributed by atoms with van der Waals surface area (Å²) in [4.78, 5) is 26.4. The van der Waals surface area contributed by atoms with E-state index >= 15 is 0 Å². The lowest BCUT2D eigenvalue weighted by Gasteiger charge is -2.16. The number of carbonyl (C=O) groups excluding carboxylic acids is 2. The van der Waals surface area contributed by atoms with Crippen molar-refractivity contribution in [3.8, 4) is 0 Å². The number of carbonyl (C=O) groups is 2. The molecule has 0 atom stereocenters. The number of fused-ring (bicyclic) bond motifs is 1. The van der Waals surface area contributed by atoms with Gasteiger partial charge in [0.1, 0.15) is 0 Å². The highest BCUT2D eigenvalue weighted by Crippen LogP contribution is 2.30. The highest BCUT2D eigenvalue weighted by Gasteiger charge is 2.24. The van der Waals surface area contributed by atoms with Gasteiger partial charge in [0.15, 0.2) is 4.34 Å². The molecular formula is C21H18N4O2S2. The van der Waals surface area contributed by atoms with Crippen LogP contribution in [-0.2, 0) is 16.0 Å². The molecule has 8 heteroatoms. The van der Waals surface area contributed by atoms with E-state index in [9.17, 15) is 9.59 Å². The third-order valence-electron chi connectivity index (χ3n) is 4.37. The molecule has 0 radical (unpaired) electrons. The van der Waals surface area contributed by atoms with E-state index in [1.165, 1.54) is 34.7 Å². The standard InChI is InChI=1S/C21H18N4O2S2/c26-18(11-10-15-6-2-1-3-7-15)22-20-23-24-21(29-20)28-14-19(27)25-13-12-16-8-4-5-9-17(16)25/h1-11H,12-14H2,(H,22,23,26)/b11-10+. The summed E-state index contributed by atoms with van der Waals surface area (Å²) in [5, 5.41) is 11.1. The van der Waals surface area contributed by atoms with Gasteiger partial charge in [0.25, 0.3) is 0 Å². The van der Waals surface area contributed by atoms with Crippen LogP contribution in [0.25, 0.3) is 6.08 Å². The molecule has 4 rings (SSSR count). The quantitative estimate of drug-likeness (QED) is 0.371. The molecule has 0 aliphatic carbocycles. The van der Waals surface area contributed by atoms with Gasteiger partial charge in [0.05, 0.1) is 5.75 Å². The van der Waals surface area contributed by atoms with Gasteiger partial charge in [-0.25, -0.2) is 0 Å². The fourth-order valence-corrected chi connectivity index (χ4v) is 4.63. The van der Waals surface area contributed by atoms with Gasteiger partial charge in [0.2, 0.25) is 16.9 Å². The Kier molecular flexibility index (Phi) is 6.02. The molecule has 1 aliphatic heterocycles. The molecule has 0 saturated heterocycles. The third kappa shape index (κ3) is 4.90. The van der Waals surface area contributed by atoms with Crippen LogP contribution < -0.4 is 10.2 Å². The van der Waals surface area contributed by atoms with Gasteiger partial charge in [-0.3, -0.25) is 14.9 Å². The van der Waals surface area contributed by atoms with Gasteiger partial charge in [-0.1, -0.05) is 71.6 Å². The summed E-state index contributed by atoms with van der Waals surface area (Å²) >= 11 is 2.59. The number of hydrogen-bond acceptors (Lipinski definition) is 6. The predicted molar refractivity (Wildman–Crippen MR) is 117 cm³/mol. The van der Waals surface area contributed by atoms with Crippen LogP contribution in [0.1, 0.15) is 11.1 Å². The molecule has 146 valence electrons. The van der Waals surface area contributed by atoms with Gasteiger partial charge in [-0.2, -0.15) is 0 Å². The molecule has 0 bridgehead atoms. The summed E-state index contributed by atoms with van der Waals surface area (Å²) in [5.41, 5.74) is 3.14. The van der Waals surface area contributed by atoms with Crippen molar-refractivity contribution in [1.29, 1.82) is 0 Å². The van der Waals surface area contributed by atoms with Crippen LogP contribution in [-0.4, -0.2) is 34.3 Å². The zero-order valence-corrected chi connectivity index (χ0v) is 17.1. The first kappa shape index (κ1) is 19.4. The second-order valence-electron chi connectivity index (χ2n) is 6.32. The molecule has 0 fully saturated rings. The van der Waals surface area contributed by atoms with Crippen molar-refractivity contribution in [2.24, 2.45) is 0 Å². The summed E-state index contributed by atoms with van der Waals surface area (Å²) in [5.74, 6) is 0.0583. The van der Waals surface area contributed by atoms with Gasteiger partial charge in [-0.15, -0.1) is 10.2 Å². The summed E-state index contributed by atoms with van der Waals surface area (Å²) in [7, 11) is 0. The highest BCUT2D eigenvalue weighted by molar-refractivity contribution is 8.01. The minimum Gasteiger partial charge on any atom is -0.311 e. The van der Waals surface area contributed by atoms with Crippen LogP contribution in [0.4, 0.5) is 10.8 Å². The second kappa shape index (κ2) is 9.02. The topological polar surface area (TPSA) is 75.2 Å². The molecular weight excluding hydrogens is 404 g/mol. The van der Waals surface area contributed by atoms with Gasteiger partial charge < -0.3 is 4.90 Å². The Bertz CT molecular complexity index is 1050. The van der Waals surface area contributed by atoms with Crippen LogP contribution in [0.2, 0.25) is 0 Å². The first-order chi connectivity index (χ1) is 14.2. The Balaban J connectivity index is 1.29. The number of nitrogens with zero attached hydrogens (tertiary/aromatic N) is 3. The van der Waals surface area contributed by atoms with Crippen molar-refractivity contribution in [3.05, 3.63) is 71.8 Å². The third-order valence-corrected chi connectivity index (χ3v) is 6.33. The number of rotatable bonds is 6. The average molecular weight is 423 g/mol. The van der Waals surface area contributed by atoms with Crippen molar-refractivity contribution < 1.29 is 9.59 Å². The lowest BCUT2D eigenvalue weighted by atomic mass is 10.2. The van der Waals surface area contributed by atoms with E-state index in [2.05, 4.69) is 21.6 Å². The van der Waals surface area contributed by atoms with Crippen LogP contribution in [0.5, 0.6) is 0 Å². The molecule has 3 aromatic rings. The van der Waals surface area contributed by atoms with E-state index in [1.54, 1.807) is 6.08 Å². The SMILES string of the molecule is O=C(/C=C/c1ccccc1)Nc1nnc(SCC(=O)N2CCc3ccccc32)s1. The fourth-order valence-electron chi connectivity index (χ4n) is 3.00. The normalized spacial score (nSPS) is 12.9. The summed E-state index contributed by atoms with van der Waals surface area (Å²) < 4.78 is 0.646. The first-order valence-corrected chi connectivity index (χ1v) is 10.9. The zero-order valence-electron chi connectivity index (χ0n) is 15.4. The average Bonchev–Trinajstić information content (AvgIpc) is 3.38. The number of amides is 2. The molecule has 0 saturated carbocycles. The molecule has 1 N–H and O–H groups in total. The Morgan fingerprint density at radius 3 is 2.76 bits per heavy atom. The molecule has 1 aromatic heterocycles. The molecule has 2 amide bonds. The van der Waals surface area contributed by atoms with E-state index in [1.807, 2.05) is 53.4 Å². The summed E-state index contributed by atoms with van der Waals surface area (Å²) in [6.07, 6.45) is 4.08. The molecule has 2 aromatic carbocycles. The predicted octanol–water partition coefficient (Wildman–Crippen LogP) is 3.87. The van der Waals surface area contributed by atoms with Crippen molar-refractivity contribution in [2.75, 3.05) is 22.5 Å². The maximum absolute atomic E-state index is 12.6. The Hall–Kier alpha value is -2.97. The zero-order chi connectivity index (χ0) is 20.1. The van der Waals surface area contributed by atoms with Crippen LogP contribution in [0, 0.1) is 0 Å². The van der Waals surface area contributed by atoms with Crippen LogP contribution in [0.15, 0.2) is 65.0 Å². The number of hydrogen-bond donors (Lipinski definition) is 1. The van der Waals surface area contributed by atoms with Gasteiger partial charge in [0, 0.05) is 18.3 Å². The Morgan fingerprint density at radius 1 is 1.10 bits per heavy atom. The fraction of sp³-hybridized carbons (Fsp3) is 0.143.